The zero-order valence-corrected chi connectivity index (χ0v) is 20.3. The second-order valence-electron chi connectivity index (χ2n) is 9.33. The fourth-order valence-corrected chi connectivity index (χ4v) is 5.33. The lowest BCUT2D eigenvalue weighted by atomic mass is 9.93. The van der Waals surface area contributed by atoms with Gasteiger partial charge in [0.05, 0.1) is 0 Å². The quantitative estimate of drug-likeness (QED) is 0.248. The van der Waals surface area contributed by atoms with Crippen LogP contribution in [0.2, 0.25) is 0 Å². The molecule has 1 nitrogen and oxygen atoms in total. The molecule has 1 aromatic heterocycles. The molecule has 0 spiro atoms. The van der Waals surface area contributed by atoms with Crippen LogP contribution >= 0.6 is 0 Å². The van der Waals surface area contributed by atoms with Crippen molar-refractivity contribution in [2.75, 3.05) is 0 Å². The second kappa shape index (κ2) is 8.96. The van der Waals surface area contributed by atoms with Gasteiger partial charge in [-0.05, 0) is 45.2 Å². The number of fused-ring (bicyclic) bond motifs is 2. The lowest BCUT2D eigenvalue weighted by Crippen LogP contribution is -1.86. The van der Waals surface area contributed by atoms with E-state index >= 15 is 0 Å². The van der Waals surface area contributed by atoms with E-state index in [2.05, 4.69) is 146 Å². The molecule has 0 aliphatic carbocycles. The summed E-state index contributed by atoms with van der Waals surface area (Å²) in [5.74, 6) is 1.80. The Morgan fingerprint density at radius 2 is 0.757 bits per heavy atom. The molecule has 0 amide bonds. The molecule has 7 aromatic rings. The fraction of sp³-hybridized carbons (Fsp3) is 0. The molecule has 1 heteroatoms. The number of furan rings is 1. The van der Waals surface area contributed by atoms with E-state index in [1.807, 2.05) is 0 Å². The van der Waals surface area contributed by atoms with Crippen LogP contribution in [0.25, 0.3) is 66.4 Å². The van der Waals surface area contributed by atoms with Gasteiger partial charge in [-0.2, -0.15) is 0 Å². The largest absolute Gasteiger partial charge is 0.455 e. The van der Waals surface area contributed by atoms with E-state index in [-0.39, 0.29) is 0 Å². The minimum atomic E-state index is 0.900. The Balaban J connectivity index is 1.53. The molecule has 0 fully saturated rings. The predicted molar refractivity (Wildman–Crippen MR) is 155 cm³/mol. The summed E-state index contributed by atoms with van der Waals surface area (Å²) in [5, 5.41) is 4.65. The summed E-state index contributed by atoms with van der Waals surface area (Å²) in [5.41, 5.74) is 6.88. The molecule has 7 rings (SSSR count). The van der Waals surface area contributed by atoms with Crippen molar-refractivity contribution in [2.45, 2.75) is 0 Å². The molecule has 0 radical (unpaired) electrons. The molecule has 0 aliphatic heterocycles. The van der Waals surface area contributed by atoms with Crippen LogP contribution in [-0.4, -0.2) is 0 Å². The summed E-state index contributed by atoms with van der Waals surface area (Å²) in [7, 11) is 0. The Morgan fingerprint density at radius 1 is 0.324 bits per heavy atom. The van der Waals surface area contributed by atoms with Crippen LogP contribution < -0.4 is 0 Å². The molecule has 0 unspecified atom stereocenters. The number of benzene rings is 6. The van der Waals surface area contributed by atoms with Crippen molar-refractivity contribution in [3.63, 3.8) is 0 Å². The van der Waals surface area contributed by atoms with Gasteiger partial charge < -0.3 is 4.42 Å². The maximum atomic E-state index is 6.91. The van der Waals surface area contributed by atoms with Crippen molar-refractivity contribution in [3.05, 3.63) is 146 Å². The normalized spacial score (nSPS) is 11.2. The summed E-state index contributed by atoms with van der Waals surface area (Å²) < 4.78 is 6.91. The van der Waals surface area contributed by atoms with Gasteiger partial charge in [-0.1, -0.05) is 133 Å². The maximum Gasteiger partial charge on any atom is 0.143 e. The van der Waals surface area contributed by atoms with Crippen molar-refractivity contribution >= 4 is 21.5 Å². The highest BCUT2D eigenvalue weighted by Gasteiger charge is 2.21. The molecule has 0 aliphatic rings. The van der Waals surface area contributed by atoms with Crippen LogP contribution in [0, 0.1) is 0 Å². The third kappa shape index (κ3) is 3.73. The molecule has 0 saturated carbocycles. The smallest absolute Gasteiger partial charge is 0.143 e. The summed E-state index contributed by atoms with van der Waals surface area (Å²) in [6.07, 6.45) is 0. The predicted octanol–water partition coefficient (Wildman–Crippen LogP) is 10.3. The van der Waals surface area contributed by atoms with Crippen molar-refractivity contribution < 1.29 is 4.42 Å². The van der Waals surface area contributed by atoms with E-state index in [1.165, 1.54) is 27.5 Å². The Bertz CT molecular complexity index is 1860. The molecule has 0 atom stereocenters. The Morgan fingerprint density at radius 3 is 1.38 bits per heavy atom. The highest BCUT2D eigenvalue weighted by molar-refractivity contribution is 6.08. The van der Waals surface area contributed by atoms with Crippen LogP contribution in [0.3, 0.4) is 0 Å². The molecule has 0 N–H and O–H groups in total. The Kier molecular flexibility index (Phi) is 5.19. The van der Waals surface area contributed by atoms with Gasteiger partial charge in [0.1, 0.15) is 11.5 Å². The number of hydrogen-bond donors (Lipinski definition) is 0. The van der Waals surface area contributed by atoms with Gasteiger partial charge in [0.25, 0.3) is 0 Å². The van der Waals surface area contributed by atoms with Crippen LogP contribution in [0.15, 0.2) is 150 Å². The molecule has 0 bridgehead atoms. The fourth-order valence-electron chi connectivity index (χ4n) is 5.33. The lowest BCUT2D eigenvalue weighted by molar-refractivity contribution is 0.602. The van der Waals surface area contributed by atoms with Crippen LogP contribution in [0.4, 0.5) is 0 Å². The first kappa shape index (κ1) is 21.4. The van der Waals surface area contributed by atoms with Crippen molar-refractivity contribution in [3.8, 4) is 44.9 Å². The standard InChI is InChI=1S/C36H24O/c1-3-13-25(14-4-1)29-19-9-10-20-30(29)35-31-21-11-12-22-32(31)36(37-35)34-24-28-18-8-7-17-27(28)23-33(34)26-15-5-2-6-16-26/h1-24H. The van der Waals surface area contributed by atoms with Crippen molar-refractivity contribution in [1.29, 1.82) is 0 Å². The highest BCUT2D eigenvalue weighted by atomic mass is 16.3. The first-order valence-corrected chi connectivity index (χ1v) is 12.6. The Labute approximate surface area is 216 Å². The van der Waals surface area contributed by atoms with E-state index in [0.29, 0.717) is 0 Å². The third-order valence-electron chi connectivity index (χ3n) is 7.09. The van der Waals surface area contributed by atoms with Crippen LogP contribution in [-0.2, 0) is 0 Å². The third-order valence-corrected chi connectivity index (χ3v) is 7.09. The minimum Gasteiger partial charge on any atom is -0.455 e. The lowest BCUT2D eigenvalue weighted by Gasteiger charge is -2.11. The molecule has 6 aromatic carbocycles. The van der Waals surface area contributed by atoms with Gasteiger partial charge in [0.2, 0.25) is 0 Å². The molecular formula is C36H24O. The molecular weight excluding hydrogens is 448 g/mol. The van der Waals surface area contributed by atoms with E-state index in [9.17, 15) is 0 Å². The topological polar surface area (TPSA) is 13.1 Å². The monoisotopic (exact) mass is 472 g/mol. The first-order valence-electron chi connectivity index (χ1n) is 12.6. The molecule has 37 heavy (non-hydrogen) atoms. The van der Waals surface area contributed by atoms with Gasteiger partial charge in [-0.25, -0.2) is 0 Å². The minimum absolute atomic E-state index is 0.900. The zero-order chi connectivity index (χ0) is 24.6. The summed E-state index contributed by atoms with van der Waals surface area (Å²) in [4.78, 5) is 0. The maximum absolute atomic E-state index is 6.91. The van der Waals surface area contributed by atoms with Gasteiger partial charge in [-0.15, -0.1) is 0 Å². The van der Waals surface area contributed by atoms with Gasteiger partial charge >= 0.3 is 0 Å². The van der Waals surface area contributed by atoms with Gasteiger partial charge in [0.15, 0.2) is 0 Å². The zero-order valence-electron chi connectivity index (χ0n) is 20.3. The van der Waals surface area contributed by atoms with Crippen molar-refractivity contribution in [2.24, 2.45) is 0 Å². The number of rotatable bonds is 4. The SMILES string of the molecule is c1ccc(-c2ccccc2-c2oc(-c3cc4ccccc4cc3-c3ccccc3)c3ccccc23)cc1. The van der Waals surface area contributed by atoms with Gasteiger partial charge in [0, 0.05) is 21.9 Å². The first-order chi connectivity index (χ1) is 18.4. The van der Waals surface area contributed by atoms with E-state index in [1.54, 1.807) is 0 Å². The molecule has 174 valence electrons. The highest BCUT2D eigenvalue weighted by Crippen LogP contribution is 2.45. The van der Waals surface area contributed by atoms with E-state index < -0.39 is 0 Å². The average molecular weight is 473 g/mol. The summed E-state index contributed by atoms with van der Waals surface area (Å²) in [6, 6.07) is 51.3. The van der Waals surface area contributed by atoms with Crippen LogP contribution in [0.1, 0.15) is 0 Å². The van der Waals surface area contributed by atoms with Crippen molar-refractivity contribution in [1.82, 2.24) is 0 Å². The number of hydrogen-bond acceptors (Lipinski definition) is 1. The summed E-state index contributed by atoms with van der Waals surface area (Å²) >= 11 is 0. The van der Waals surface area contributed by atoms with Gasteiger partial charge in [-0.3, -0.25) is 0 Å². The van der Waals surface area contributed by atoms with E-state index in [0.717, 1.165) is 39.0 Å². The second-order valence-corrected chi connectivity index (χ2v) is 9.33. The molecule has 1 heterocycles. The molecule has 0 saturated heterocycles. The van der Waals surface area contributed by atoms with E-state index in [4.69, 9.17) is 4.42 Å². The van der Waals surface area contributed by atoms with Crippen LogP contribution in [0.5, 0.6) is 0 Å². The Hall–Kier alpha value is -4.88. The average Bonchev–Trinajstić information content (AvgIpc) is 3.37. The summed E-state index contributed by atoms with van der Waals surface area (Å²) in [6.45, 7) is 0.